The van der Waals surface area contributed by atoms with E-state index >= 15 is 0 Å². The molecule has 5 heteroatoms. The summed E-state index contributed by atoms with van der Waals surface area (Å²) in [6.07, 6.45) is 1.06. The molecule has 1 aromatic rings. The summed E-state index contributed by atoms with van der Waals surface area (Å²) in [4.78, 5) is 29.8. The van der Waals surface area contributed by atoms with E-state index in [9.17, 15) is 9.59 Å². The number of hydrogen-bond donors (Lipinski definition) is 1. The number of rotatable bonds is 3. The number of amides is 1. The van der Waals surface area contributed by atoms with Crippen LogP contribution in [0.25, 0.3) is 0 Å². The predicted molar refractivity (Wildman–Crippen MR) is 88.6 cm³/mol. The fraction of sp³-hybridized carbons (Fsp3) is 0.667. The molecule has 0 unspecified atom stereocenters. The van der Waals surface area contributed by atoms with Gasteiger partial charge < -0.3 is 14.6 Å². The number of hydrogen-bond acceptors (Lipinski definition) is 3. The second-order valence-electron chi connectivity index (χ2n) is 8.04. The lowest BCUT2D eigenvalue weighted by Gasteiger charge is -2.56. The van der Waals surface area contributed by atoms with Gasteiger partial charge >= 0.3 is 0 Å². The molecule has 23 heavy (non-hydrogen) atoms. The lowest BCUT2D eigenvalue weighted by molar-refractivity contribution is -0.107. The molecule has 2 heterocycles. The van der Waals surface area contributed by atoms with E-state index in [1.54, 1.807) is 7.11 Å². The maximum Gasteiger partial charge on any atom is 0.261 e. The summed E-state index contributed by atoms with van der Waals surface area (Å²) < 4.78 is 5.43. The van der Waals surface area contributed by atoms with Crippen LogP contribution < -0.4 is 5.56 Å². The number of aromatic amines is 1. The molecule has 5 nitrogen and oxygen atoms in total. The molecule has 0 aromatic carbocycles. The monoisotopic (exact) mass is 318 g/mol. The first-order chi connectivity index (χ1) is 10.7. The minimum absolute atomic E-state index is 0.0548. The third-order valence-electron chi connectivity index (χ3n) is 5.70. The van der Waals surface area contributed by atoms with Crippen molar-refractivity contribution in [2.75, 3.05) is 26.8 Å². The molecule has 0 bridgehead atoms. The molecule has 1 saturated carbocycles. The Morgan fingerprint density at radius 3 is 2.70 bits per heavy atom. The lowest BCUT2D eigenvalue weighted by atomic mass is 9.48. The first kappa shape index (κ1) is 16.2. The van der Waals surface area contributed by atoms with E-state index < -0.39 is 0 Å². The van der Waals surface area contributed by atoms with E-state index in [-0.39, 0.29) is 27.9 Å². The Balaban J connectivity index is 1.90. The average Bonchev–Trinajstić information content (AvgIpc) is 2.72. The van der Waals surface area contributed by atoms with Crippen LogP contribution in [0.4, 0.5) is 0 Å². The number of likely N-dealkylation sites (tertiary alicyclic amines) is 1. The number of carbonyl (C=O) groups excluding carboxylic acids is 1. The van der Waals surface area contributed by atoms with Crippen LogP contribution >= 0.6 is 0 Å². The van der Waals surface area contributed by atoms with Gasteiger partial charge in [-0.1, -0.05) is 13.8 Å². The van der Waals surface area contributed by atoms with Gasteiger partial charge in [0.1, 0.15) is 5.56 Å². The van der Waals surface area contributed by atoms with Gasteiger partial charge in [-0.05, 0) is 43.2 Å². The number of nitrogens with zero attached hydrogens (tertiary/aromatic N) is 1. The van der Waals surface area contributed by atoms with Crippen LogP contribution in [0.3, 0.4) is 0 Å². The molecule has 2 atom stereocenters. The summed E-state index contributed by atoms with van der Waals surface area (Å²) in [6.45, 7) is 10.2. The van der Waals surface area contributed by atoms with Crippen molar-refractivity contribution in [3.8, 4) is 0 Å². The van der Waals surface area contributed by atoms with E-state index in [2.05, 4.69) is 18.8 Å². The van der Waals surface area contributed by atoms with Crippen molar-refractivity contribution in [2.45, 2.75) is 34.1 Å². The van der Waals surface area contributed by atoms with Gasteiger partial charge in [-0.3, -0.25) is 9.59 Å². The molecule has 0 spiro atoms. The summed E-state index contributed by atoms with van der Waals surface area (Å²) in [5.74, 6) is 0.285. The highest BCUT2D eigenvalue weighted by molar-refractivity contribution is 5.95. The Morgan fingerprint density at radius 2 is 2.13 bits per heavy atom. The smallest absolute Gasteiger partial charge is 0.261 e. The van der Waals surface area contributed by atoms with Gasteiger partial charge in [-0.15, -0.1) is 0 Å². The molecule has 1 aliphatic heterocycles. The van der Waals surface area contributed by atoms with Crippen molar-refractivity contribution >= 4 is 5.91 Å². The van der Waals surface area contributed by atoms with Gasteiger partial charge in [0.2, 0.25) is 0 Å². The van der Waals surface area contributed by atoms with Gasteiger partial charge in [-0.25, -0.2) is 0 Å². The topological polar surface area (TPSA) is 62.4 Å². The number of pyridine rings is 1. The van der Waals surface area contributed by atoms with E-state index in [1.807, 2.05) is 24.8 Å². The molecule has 2 fully saturated rings. The van der Waals surface area contributed by atoms with Crippen LogP contribution in [0.2, 0.25) is 0 Å². The quantitative estimate of drug-likeness (QED) is 0.928. The second-order valence-corrected chi connectivity index (χ2v) is 8.04. The zero-order valence-electron chi connectivity index (χ0n) is 14.7. The number of carbonyl (C=O) groups is 1. The molecule has 1 amide bonds. The maximum atomic E-state index is 12.9. The molecule has 1 N–H and O–H groups in total. The van der Waals surface area contributed by atoms with Gasteiger partial charge in [0.25, 0.3) is 11.5 Å². The lowest BCUT2D eigenvalue weighted by Crippen LogP contribution is -2.55. The van der Waals surface area contributed by atoms with Gasteiger partial charge in [0, 0.05) is 31.3 Å². The molecule has 126 valence electrons. The van der Waals surface area contributed by atoms with Crippen LogP contribution in [0.1, 0.15) is 41.9 Å². The Kier molecular flexibility index (Phi) is 3.67. The van der Waals surface area contributed by atoms with Crippen LogP contribution in [0.5, 0.6) is 0 Å². The summed E-state index contributed by atoms with van der Waals surface area (Å²) >= 11 is 0. The Hall–Kier alpha value is -1.62. The van der Waals surface area contributed by atoms with E-state index in [1.165, 1.54) is 0 Å². The third-order valence-corrected chi connectivity index (χ3v) is 5.70. The van der Waals surface area contributed by atoms with Crippen molar-refractivity contribution in [3.63, 3.8) is 0 Å². The number of aromatic nitrogens is 1. The van der Waals surface area contributed by atoms with Gasteiger partial charge in [-0.2, -0.15) is 0 Å². The average molecular weight is 318 g/mol. The summed E-state index contributed by atoms with van der Waals surface area (Å²) in [5, 5.41) is 0. The fourth-order valence-electron chi connectivity index (χ4n) is 5.04. The summed E-state index contributed by atoms with van der Waals surface area (Å²) in [5.41, 5.74) is 1.80. The molecule has 1 saturated heterocycles. The predicted octanol–water partition coefficient (Wildman–Crippen LogP) is 2.13. The molecule has 0 radical (unpaired) electrons. The minimum Gasteiger partial charge on any atom is -0.384 e. The third kappa shape index (κ3) is 2.42. The number of H-pyrrole nitrogens is 1. The zero-order valence-corrected chi connectivity index (χ0v) is 14.7. The van der Waals surface area contributed by atoms with Crippen LogP contribution in [0, 0.1) is 30.6 Å². The van der Waals surface area contributed by atoms with Gasteiger partial charge in [0.15, 0.2) is 0 Å². The number of ether oxygens (including phenoxy) is 1. The maximum absolute atomic E-state index is 12.9. The van der Waals surface area contributed by atoms with Crippen LogP contribution in [-0.4, -0.2) is 42.6 Å². The van der Waals surface area contributed by atoms with Crippen LogP contribution in [-0.2, 0) is 4.74 Å². The normalized spacial score (nSPS) is 28.4. The SMILES string of the molecule is COC[C@@]12CN(C(=O)c3c(C)cc(C)[nH]c3=O)C[C@@H]1C(C)(C)C2. The van der Waals surface area contributed by atoms with Crippen molar-refractivity contribution < 1.29 is 9.53 Å². The highest BCUT2D eigenvalue weighted by atomic mass is 16.5. The molecule has 1 aliphatic carbocycles. The van der Waals surface area contributed by atoms with E-state index in [0.717, 1.165) is 17.7 Å². The van der Waals surface area contributed by atoms with Crippen molar-refractivity contribution in [2.24, 2.45) is 16.7 Å². The number of methoxy groups -OCH3 is 1. The first-order valence-electron chi connectivity index (χ1n) is 8.19. The minimum atomic E-state index is -0.285. The number of aryl methyl sites for hydroxylation is 2. The Labute approximate surface area is 137 Å². The second kappa shape index (κ2) is 5.20. The van der Waals surface area contributed by atoms with E-state index in [0.29, 0.717) is 25.6 Å². The highest BCUT2D eigenvalue weighted by Crippen LogP contribution is 2.62. The molecule has 1 aromatic heterocycles. The first-order valence-corrected chi connectivity index (χ1v) is 8.19. The number of nitrogens with one attached hydrogen (secondary N) is 1. The Bertz CT molecular complexity index is 707. The standard InChI is InChI=1S/C18H26N2O3/c1-11-6-12(2)19-15(21)14(11)16(22)20-7-13-17(3,4)8-18(13,9-20)10-23-5/h6,13H,7-10H2,1-5H3,(H,19,21)/t13-,18-/m1/s1. The zero-order chi connectivity index (χ0) is 17.0. The Morgan fingerprint density at radius 1 is 1.43 bits per heavy atom. The molecule has 2 aliphatic rings. The fourth-order valence-corrected chi connectivity index (χ4v) is 5.04. The summed E-state index contributed by atoms with van der Waals surface area (Å²) in [7, 11) is 1.72. The van der Waals surface area contributed by atoms with Crippen molar-refractivity contribution in [3.05, 3.63) is 33.2 Å². The van der Waals surface area contributed by atoms with Gasteiger partial charge in [0.05, 0.1) is 6.61 Å². The van der Waals surface area contributed by atoms with Crippen molar-refractivity contribution in [1.29, 1.82) is 0 Å². The van der Waals surface area contributed by atoms with Crippen molar-refractivity contribution in [1.82, 2.24) is 9.88 Å². The molecular formula is C18H26N2O3. The highest BCUT2D eigenvalue weighted by Gasteiger charge is 2.63. The number of fused-ring (bicyclic) bond motifs is 1. The molecule has 3 rings (SSSR count). The van der Waals surface area contributed by atoms with E-state index in [4.69, 9.17) is 4.74 Å². The molecular weight excluding hydrogens is 292 g/mol. The largest absolute Gasteiger partial charge is 0.384 e. The summed E-state index contributed by atoms with van der Waals surface area (Å²) in [6, 6.07) is 1.86. The van der Waals surface area contributed by atoms with Crippen LogP contribution in [0.15, 0.2) is 10.9 Å².